The average molecular weight is 514 g/mol. The van der Waals surface area contributed by atoms with Gasteiger partial charge in [0.2, 0.25) is 5.62 Å². The van der Waals surface area contributed by atoms with E-state index in [2.05, 4.69) is 0 Å². The van der Waals surface area contributed by atoms with Crippen LogP contribution in [0, 0.1) is 5.41 Å². The van der Waals surface area contributed by atoms with Crippen molar-refractivity contribution in [1.82, 2.24) is 9.13 Å². The van der Waals surface area contributed by atoms with Crippen LogP contribution >= 0.6 is 0 Å². The molecule has 4 aromatic rings. The van der Waals surface area contributed by atoms with Crippen molar-refractivity contribution in [3.05, 3.63) is 94.1 Å². The molecule has 1 aromatic heterocycles. The van der Waals surface area contributed by atoms with Gasteiger partial charge in [-0.25, -0.2) is 4.79 Å². The number of phenolic OH excluding ortho intramolecular Hbond substituents is 1. The van der Waals surface area contributed by atoms with Crippen LogP contribution in [-0.4, -0.2) is 31.1 Å². The van der Waals surface area contributed by atoms with E-state index < -0.39 is 16.8 Å². The van der Waals surface area contributed by atoms with Crippen LogP contribution in [0.5, 0.6) is 5.75 Å². The van der Waals surface area contributed by atoms with Crippen LogP contribution in [0.1, 0.15) is 78.9 Å². The summed E-state index contributed by atoms with van der Waals surface area (Å²) in [4.78, 5) is 25.5. The number of ketones is 1. The van der Waals surface area contributed by atoms with Gasteiger partial charge in [-0.05, 0) is 46.7 Å². The molecule has 0 atom stereocenters. The van der Waals surface area contributed by atoms with E-state index in [9.17, 15) is 19.8 Å². The topological polar surface area (TPSA) is 108 Å². The number of hydrogen-bond donors (Lipinski definition) is 3. The Balaban J connectivity index is 1.86. The standard InChI is InChI=1S/C31H35N3O4/c1-30(2,3)22-14-21(15-23(27(22)36)31(4,5)6)26(35)18-34-25-16-20(28(37)38)12-13-24(25)33(29(34)32)17-19-10-8-7-9-11-19/h7-16,32,36H,17-18H2,1-6H3,(H,37,38). The molecule has 0 saturated heterocycles. The highest BCUT2D eigenvalue weighted by Crippen LogP contribution is 2.40. The van der Waals surface area contributed by atoms with Crippen molar-refractivity contribution in [2.75, 3.05) is 0 Å². The first-order chi connectivity index (χ1) is 17.7. The first-order valence-electron chi connectivity index (χ1n) is 12.6. The number of phenols is 1. The lowest BCUT2D eigenvalue weighted by Crippen LogP contribution is -2.28. The van der Waals surface area contributed by atoms with E-state index in [0.29, 0.717) is 34.3 Å². The molecule has 0 spiro atoms. The molecular weight excluding hydrogens is 478 g/mol. The summed E-state index contributed by atoms with van der Waals surface area (Å²) < 4.78 is 3.34. The highest BCUT2D eigenvalue weighted by molar-refractivity contribution is 5.98. The third-order valence-corrected chi connectivity index (χ3v) is 6.85. The zero-order valence-corrected chi connectivity index (χ0v) is 22.8. The summed E-state index contributed by atoms with van der Waals surface area (Å²) in [5.74, 6) is -1.10. The molecule has 0 aliphatic rings. The maximum absolute atomic E-state index is 13.8. The van der Waals surface area contributed by atoms with E-state index in [0.717, 1.165) is 5.56 Å². The molecule has 0 aliphatic carbocycles. The normalized spacial score (nSPS) is 12.2. The van der Waals surface area contributed by atoms with Crippen molar-refractivity contribution in [2.45, 2.75) is 65.5 Å². The van der Waals surface area contributed by atoms with Crippen LogP contribution in [0.3, 0.4) is 0 Å². The number of aromatic carboxylic acids is 1. The Morgan fingerprint density at radius 1 is 0.789 bits per heavy atom. The number of aromatic hydroxyl groups is 1. The van der Waals surface area contributed by atoms with Crippen molar-refractivity contribution >= 4 is 22.8 Å². The van der Waals surface area contributed by atoms with E-state index in [1.54, 1.807) is 27.3 Å². The number of carbonyl (C=O) groups is 2. The maximum atomic E-state index is 13.8. The third-order valence-electron chi connectivity index (χ3n) is 6.85. The Morgan fingerprint density at radius 3 is 1.89 bits per heavy atom. The molecule has 4 rings (SSSR count). The second-order valence-corrected chi connectivity index (χ2v) is 11.8. The molecule has 3 aromatic carbocycles. The second kappa shape index (κ2) is 9.63. The summed E-state index contributed by atoms with van der Waals surface area (Å²) in [6.45, 7) is 12.2. The molecule has 0 aliphatic heterocycles. The first-order valence-corrected chi connectivity index (χ1v) is 12.6. The minimum atomic E-state index is -1.07. The lowest BCUT2D eigenvalue weighted by atomic mass is 9.78. The van der Waals surface area contributed by atoms with Gasteiger partial charge in [0.25, 0.3) is 0 Å². The molecule has 38 heavy (non-hydrogen) atoms. The van der Waals surface area contributed by atoms with Crippen molar-refractivity contribution in [2.24, 2.45) is 0 Å². The molecule has 0 amide bonds. The minimum Gasteiger partial charge on any atom is -0.507 e. The van der Waals surface area contributed by atoms with Gasteiger partial charge in [-0.15, -0.1) is 0 Å². The molecule has 0 fully saturated rings. The summed E-state index contributed by atoms with van der Waals surface area (Å²) in [6.07, 6.45) is 0. The number of carboxylic acids is 1. The molecule has 0 radical (unpaired) electrons. The van der Waals surface area contributed by atoms with Crippen molar-refractivity contribution in [3.63, 3.8) is 0 Å². The van der Waals surface area contributed by atoms with Crippen LogP contribution in [-0.2, 0) is 23.9 Å². The Morgan fingerprint density at radius 2 is 1.37 bits per heavy atom. The fourth-order valence-corrected chi connectivity index (χ4v) is 4.73. The van der Waals surface area contributed by atoms with Gasteiger partial charge in [0.05, 0.1) is 29.7 Å². The van der Waals surface area contributed by atoms with Crippen LogP contribution in [0.25, 0.3) is 11.0 Å². The summed E-state index contributed by atoms with van der Waals surface area (Å²) in [5, 5.41) is 29.6. The predicted octanol–water partition coefficient (Wildman–Crippen LogP) is 5.85. The number of nitrogens with zero attached hydrogens (tertiary/aromatic N) is 2. The molecular formula is C31H35N3O4. The minimum absolute atomic E-state index is 0.0882. The van der Waals surface area contributed by atoms with Crippen molar-refractivity contribution in [1.29, 1.82) is 5.41 Å². The number of fused-ring (bicyclic) bond motifs is 1. The Labute approximate surface area is 222 Å². The number of carbonyl (C=O) groups excluding carboxylic acids is 1. The van der Waals surface area contributed by atoms with Gasteiger partial charge < -0.3 is 19.3 Å². The highest BCUT2D eigenvalue weighted by atomic mass is 16.4. The molecule has 1 heterocycles. The number of imidazole rings is 1. The maximum Gasteiger partial charge on any atom is 0.335 e. The zero-order valence-electron chi connectivity index (χ0n) is 22.8. The zero-order chi connectivity index (χ0) is 28.0. The Hall–Kier alpha value is -4.13. The van der Waals surface area contributed by atoms with E-state index in [4.69, 9.17) is 5.41 Å². The number of carboxylic acid groups (broad SMARTS) is 1. The van der Waals surface area contributed by atoms with Crippen LogP contribution < -0.4 is 5.62 Å². The Kier molecular flexibility index (Phi) is 6.82. The van der Waals surface area contributed by atoms with Crippen molar-refractivity contribution < 1.29 is 19.8 Å². The van der Waals surface area contributed by atoms with E-state index in [-0.39, 0.29) is 29.3 Å². The van der Waals surface area contributed by atoms with Gasteiger partial charge >= 0.3 is 5.97 Å². The quantitative estimate of drug-likeness (QED) is 0.281. The van der Waals surface area contributed by atoms with Crippen LogP contribution in [0.15, 0.2) is 60.7 Å². The molecule has 0 unspecified atom stereocenters. The van der Waals surface area contributed by atoms with E-state index in [1.807, 2.05) is 71.9 Å². The number of Topliss-reactive ketones (excluding diaryl/α,β-unsaturated/α-hetero) is 1. The number of aromatic nitrogens is 2. The summed E-state index contributed by atoms with van der Waals surface area (Å²) in [6, 6.07) is 17.9. The molecule has 7 heteroatoms. The number of hydrogen-bond acceptors (Lipinski definition) is 4. The van der Waals surface area contributed by atoms with Gasteiger partial charge in [0, 0.05) is 16.7 Å². The number of benzene rings is 3. The lowest BCUT2D eigenvalue weighted by Gasteiger charge is -2.28. The first kappa shape index (κ1) is 26.9. The fraction of sp³-hybridized carbons (Fsp3) is 0.323. The monoisotopic (exact) mass is 513 g/mol. The fourth-order valence-electron chi connectivity index (χ4n) is 4.73. The van der Waals surface area contributed by atoms with Crippen LogP contribution in [0.4, 0.5) is 0 Å². The van der Waals surface area contributed by atoms with Gasteiger partial charge in [-0.3, -0.25) is 10.2 Å². The largest absolute Gasteiger partial charge is 0.507 e. The smallest absolute Gasteiger partial charge is 0.335 e. The van der Waals surface area contributed by atoms with E-state index >= 15 is 0 Å². The van der Waals surface area contributed by atoms with E-state index in [1.165, 1.54) is 12.1 Å². The van der Waals surface area contributed by atoms with Gasteiger partial charge in [-0.1, -0.05) is 71.9 Å². The molecule has 3 N–H and O–H groups in total. The van der Waals surface area contributed by atoms with Crippen molar-refractivity contribution in [3.8, 4) is 5.75 Å². The summed E-state index contributed by atoms with van der Waals surface area (Å²) in [7, 11) is 0. The Bertz CT molecular complexity index is 1560. The third kappa shape index (κ3) is 5.14. The van der Waals surface area contributed by atoms with Crippen LogP contribution in [0.2, 0.25) is 0 Å². The highest BCUT2D eigenvalue weighted by Gasteiger charge is 2.28. The van der Waals surface area contributed by atoms with Gasteiger partial charge in [-0.2, -0.15) is 0 Å². The molecule has 0 saturated carbocycles. The summed E-state index contributed by atoms with van der Waals surface area (Å²) in [5.41, 5.74) is 3.39. The van der Waals surface area contributed by atoms with Gasteiger partial charge in [0.1, 0.15) is 5.75 Å². The lowest BCUT2D eigenvalue weighted by molar-refractivity contribution is 0.0696. The predicted molar refractivity (Wildman–Crippen MR) is 148 cm³/mol. The molecule has 198 valence electrons. The summed E-state index contributed by atoms with van der Waals surface area (Å²) >= 11 is 0. The second-order valence-electron chi connectivity index (χ2n) is 11.8. The SMILES string of the molecule is CC(C)(C)c1cc(C(=O)Cn2c(=N)n(Cc3ccccc3)c3ccc(C(=O)O)cc32)cc(C(C)(C)C)c1O. The average Bonchev–Trinajstić information content (AvgIpc) is 3.08. The number of nitrogens with one attached hydrogen (secondary N) is 1. The number of rotatable bonds is 6. The molecule has 7 nitrogen and oxygen atoms in total. The van der Waals surface area contributed by atoms with Gasteiger partial charge in [0.15, 0.2) is 5.78 Å². The molecule has 0 bridgehead atoms.